The summed E-state index contributed by atoms with van der Waals surface area (Å²) >= 11 is 0. The van der Waals surface area contributed by atoms with E-state index in [0.29, 0.717) is 18.5 Å². The minimum absolute atomic E-state index is 0.0654. The van der Waals surface area contributed by atoms with Crippen LogP contribution in [0.15, 0.2) is 0 Å². The van der Waals surface area contributed by atoms with Gasteiger partial charge in [-0.1, -0.05) is 0 Å². The van der Waals surface area contributed by atoms with Crippen LogP contribution in [0.4, 0.5) is 0 Å². The van der Waals surface area contributed by atoms with Crippen LogP contribution in [-0.4, -0.2) is 53.5 Å². The molecule has 4 heteroatoms. The quantitative estimate of drug-likeness (QED) is 0.741. The van der Waals surface area contributed by atoms with Crippen LogP contribution >= 0.6 is 0 Å². The van der Waals surface area contributed by atoms with Crippen LogP contribution < -0.4 is 5.73 Å². The molecule has 1 amide bonds. The number of likely N-dealkylation sites (tertiary alicyclic amines) is 2. The summed E-state index contributed by atoms with van der Waals surface area (Å²) in [7, 11) is 0. The second kappa shape index (κ2) is 4.72. The minimum atomic E-state index is 0.0654. The fourth-order valence-electron chi connectivity index (χ4n) is 2.83. The van der Waals surface area contributed by atoms with E-state index in [0.717, 1.165) is 32.5 Å². The molecule has 2 aliphatic heterocycles. The first-order chi connectivity index (χ1) is 7.58. The van der Waals surface area contributed by atoms with Gasteiger partial charge >= 0.3 is 0 Å². The van der Waals surface area contributed by atoms with E-state index in [2.05, 4.69) is 18.7 Å². The van der Waals surface area contributed by atoms with Crippen LogP contribution in [-0.2, 0) is 4.79 Å². The molecule has 2 saturated heterocycles. The molecule has 0 bridgehead atoms. The number of carbonyl (C=O) groups is 1. The lowest BCUT2D eigenvalue weighted by molar-refractivity contribution is -0.130. The lowest BCUT2D eigenvalue weighted by atomic mass is 10.0. The molecule has 0 aromatic carbocycles. The highest BCUT2D eigenvalue weighted by Gasteiger charge is 2.34. The average molecular weight is 225 g/mol. The second-order valence-electron chi connectivity index (χ2n) is 5.37. The van der Waals surface area contributed by atoms with Crippen molar-refractivity contribution in [2.75, 3.05) is 19.6 Å². The van der Waals surface area contributed by atoms with Crippen LogP contribution in [0, 0.1) is 0 Å². The molecule has 4 nitrogen and oxygen atoms in total. The van der Waals surface area contributed by atoms with E-state index in [1.54, 1.807) is 0 Å². The number of hydrogen-bond acceptors (Lipinski definition) is 3. The number of nitrogens with two attached hydrogens (primary N) is 1. The Balaban J connectivity index is 1.87. The van der Waals surface area contributed by atoms with Crippen molar-refractivity contribution in [3.8, 4) is 0 Å². The van der Waals surface area contributed by atoms with Gasteiger partial charge in [-0.15, -0.1) is 0 Å². The lowest BCUT2D eigenvalue weighted by Crippen LogP contribution is -2.47. The number of amides is 1. The fourth-order valence-corrected chi connectivity index (χ4v) is 2.83. The van der Waals surface area contributed by atoms with Crippen molar-refractivity contribution in [2.24, 2.45) is 5.73 Å². The summed E-state index contributed by atoms with van der Waals surface area (Å²) in [4.78, 5) is 16.2. The summed E-state index contributed by atoms with van der Waals surface area (Å²) in [6.07, 6.45) is 2.76. The van der Waals surface area contributed by atoms with E-state index < -0.39 is 0 Å². The Morgan fingerprint density at radius 3 is 2.38 bits per heavy atom. The van der Waals surface area contributed by atoms with E-state index in [4.69, 9.17) is 5.73 Å². The van der Waals surface area contributed by atoms with Gasteiger partial charge < -0.3 is 15.5 Å². The Kier molecular flexibility index (Phi) is 3.50. The molecular formula is C12H23N3O. The van der Waals surface area contributed by atoms with Crippen LogP contribution in [0.5, 0.6) is 0 Å². The van der Waals surface area contributed by atoms with Gasteiger partial charge in [-0.3, -0.25) is 4.79 Å². The van der Waals surface area contributed by atoms with Crippen molar-refractivity contribution in [3.05, 3.63) is 0 Å². The molecule has 0 radical (unpaired) electrons. The fraction of sp³-hybridized carbons (Fsp3) is 0.917. The van der Waals surface area contributed by atoms with E-state index >= 15 is 0 Å². The lowest BCUT2D eigenvalue weighted by Gasteiger charge is -2.38. The highest BCUT2D eigenvalue weighted by Crippen LogP contribution is 2.22. The third kappa shape index (κ3) is 2.38. The average Bonchev–Trinajstić information content (AvgIpc) is 2.58. The van der Waals surface area contributed by atoms with Crippen molar-refractivity contribution in [3.63, 3.8) is 0 Å². The van der Waals surface area contributed by atoms with E-state index in [-0.39, 0.29) is 11.9 Å². The molecule has 2 heterocycles. The third-order valence-electron chi connectivity index (χ3n) is 3.86. The van der Waals surface area contributed by atoms with E-state index in [9.17, 15) is 4.79 Å². The van der Waals surface area contributed by atoms with Gasteiger partial charge in [0, 0.05) is 44.2 Å². The highest BCUT2D eigenvalue weighted by atomic mass is 16.2. The van der Waals surface area contributed by atoms with Crippen molar-refractivity contribution in [1.29, 1.82) is 0 Å². The van der Waals surface area contributed by atoms with Crippen molar-refractivity contribution < 1.29 is 4.79 Å². The first-order valence-corrected chi connectivity index (χ1v) is 6.37. The summed E-state index contributed by atoms with van der Waals surface area (Å²) in [6.45, 7) is 7.46. The van der Waals surface area contributed by atoms with E-state index in [1.165, 1.54) is 0 Å². The van der Waals surface area contributed by atoms with Gasteiger partial charge in [0.15, 0.2) is 0 Å². The van der Waals surface area contributed by atoms with Crippen LogP contribution in [0.3, 0.4) is 0 Å². The number of carbonyl (C=O) groups excluding carboxylic acids is 1. The maximum atomic E-state index is 11.7. The molecule has 2 rings (SSSR count). The zero-order chi connectivity index (χ0) is 11.7. The highest BCUT2D eigenvalue weighted by molar-refractivity contribution is 5.79. The first-order valence-electron chi connectivity index (χ1n) is 6.37. The van der Waals surface area contributed by atoms with Crippen LogP contribution in [0.25, 0.3) is 0 Å². The predicted octanol–water partition coefficient (Wildman–Crippen LogP) is 0.419. The van der Waals surface area contributed by atoms with Gasteiger partial charge in [0.1, 0.15) is 0 Å². The molecule has 0 aromatic heterocycles. The number of rotatable bonds is 2. The Bertz CT molecular complexity index is 259. The van der Waals surface area contributed by atoms with Gasteiger partial charge in [0.05, 0.1) is 0 Å². The van der Waals surface area contributed by atoms with Gasteiger partial charge in [-0.25, -0.2) is 0 Å². The third-order valence-corrected chi connectivity index (χ3v) is 3.86. The largest absolute Gasteiger partial charge is 0.338 e. The van der Waals surface area contributed by atoms with Crippen LogP contribution in [0.2, 0.25) is 0 Å². The van der Waals surface area contributed by atoms with Crippen molar-refractivity contribution in [1.82, 2.24) is 9.80 Å². The molecule has 2 N–H and O–H groups in total. The Labute approximate surface area is 97.8 Å². The molecule has 2 aliphatic rings. The molecular weight excluding hydrogens is 202 g/mol. The standard InChI is InChI=1S/C12H23N3O/c1-9(2)14-5-3-11(4-6-14)15-8-10(13)7-12(15)16/h9-11H,3-8,13H2,1-2H3. The number of hydrogen-bond donors (Lipinski definition) is 1. The molecule has 0 aliphatic carbocycles. The Morgan fingerprint density at radius 2 is 1.94 bits per heavy atom. The van der Waals surface area contributed by atoms with Crippen molar-refractivity contribution >= 4 is 5.91 Å². The molecule has 0 aromatic rings. The van der Waals surface area contributed by atoms with Gasteiger partial charge in [-0.05, 0) is 26.7 Å². The van der Waals surface area contributed by atoms with Crippen molar-refractivity contribution in [2.45, 2.75) is 51.2 Å². The SMILES string of the molecule is CC(C)N1CCC(N2CC(N)CC2=O)CC1. The summed E-state index contributed by atoms with van der Waals surface area (Å²) in [5.41, 5.74) is 5.82. The maximum Gasteiger partial charge on any atom is 0.224 e. The second-order valence-corrected chi connectivity index (χ2v) is 5.37. The van der Waals surface area contributed by atoms with Gasteiger partial charge in [0.2, 0.25) is 5.91 Å². The molecule has 0 spiro atoms. The molecule has 0 saturated carbocycles. The molecule has 92 valence electrons. The van der Waals surface area contributed by atoms with E-state index in [1.807, 2.05) is 4.90 Å². The summed E-state index contributed by atoms with van der Waals surface area (Å²) in [5, 5.41) is 0. The molecule has 1 atom stereocenters. The zero-order valence-corrected chi connectivity index (χ0v) is 10.4. The predicted molar refractivity (Wildman–Crippen MR) is 64.0 cm³/mol. The topological polar surface area (TPSA) is 49.6 Å². The first kappa shape index (κ1) is 11.9. The summed E-state index contributed by atoms with van der Waals surface area (Å²) in [6, 6.07) is 1.13. The Morgan fingerprint density at radius 1 is 1.31 bits per heavy atom. The number of nitrogens with zero attached hydrogens (tertiary/aromatic N) is 2. The molecule has 1 unspecified atom stereocenters. The molecule has 16 heavy (non-hydrogen) atoms. The monoisotopic (exact) mass is 225 g/mol. The van der Waals surface area contributed by atoms with Gasteiger partial charge in [0.25, 0.3) is 0 Å². The zero-order valence-electron chi connectivity index (χ0n) is 10.4. The summed E-state index contributed by atoms with van der Waals surface area (Å²) < 4.78 is 0. The number of piperidine rings is 1. The summed E-state index contributed by atoms with van der Waals surface area (Å²) in [5.74, 6) is 0.260. The minimum Gasteiger partial charge on any atom is -0.338 e. The normalized spacial score (nSPS) is 29.4. The van der Waals surface area contributed by atoms with Gasteiger partial charge in [-0.2, -0.15) is 0 Å². The molecule has 2 fully saturated rings. The Hall–Kier alpha value is -0.610. The van der Waals surface area contributed by atoms with Crippen LogP contribution in [0.1, 0.15) is 33.1 Å². The smallest absolute Gasteiger partial charge is 0.224 e. The maximum absolute atomic E-state index is 11.7.